The van der Waals surface area contributed by atoms with Gasteiger partial charge in [0.1, 0.15) is 0 Å². The highest BCUT2D eigenvalue weighted by atomic mass is 32.1. The van der Waals surface area contributed by atoms with Gasteiger partial charge in [0.2, 0.25) is 0 Å². The van der Waals surface area contributed by atoms with Crippen LogP contribution in [-0.4, -0.2) is 10.8 Å². The van der Waals surface area contributed by atoms with Crippen LogP contribution in [0.5, 0.6) is 0 Å². The van der Waals surface area contributed by atoms with Crippen molar-refractivity contribution in [3.05, 3.63) is 40.4 Å². The number of benzene rings is 1. The Kier molecular flexibility index (Phi) is 3.68. The lowest BCUT2D eigenvalue weighted by Crippen LogP contribution is -2.16. The summed E-state index contributed by atoms with van der Waals surface area (Å²) < 4.78 is 38.1. The fraction of sp³-hybridized carbons (Fsp3) is 0.333. The molecule has 1 unspecified atom stereocenters. The molecule has 0 saturated carbocycles. The van der Waals surface area contributed by atoms with Crippen LogP contribution in [0.1, 0.15) is 34.3 Å². The molecule has 1 N–H and O–H groups in total. The molecular weight excluding hydrogens is 313 g/mol. The summed E-state index contributed by atoms with van der Waals surface area (Å²) in [5.41, 5.74) is 0.327. The van der Waals surface area contributed by atoms with Gasteiger partial charge >= 0.3 is 6.18 Å². The van der Waals surface area contributed by atoms with Gasteiger partial charge in [0.15, 0.2) is 10.9 Å². The fourth-order valence-electron chi connectivity index (χ4n) is 2.47. The van der Waals surface area contributed by atoms with Crippen molar-refractivity contribution >= 4 is 27.9 Å². The molecule has 22 heavy (non-hydrogen) atoms. The zero-order valence-corrected chi connectivity index (χ0v) is 12.5. The zero-order chi connectivity index (χ0) is 15.9. The number of nitrogens with zero attached hydrogens (tertiary/aromatic N) is 1. The van der Waals surface area contributed by atoms with Crippen LogP contribution in [0.3, 0.4) is 0 Å². The van der Waals surface area contributed by atoms with E-state index in [1.807, 2.05) is 6.92 Å². The molecule has 2 aromatic rings. The van der Waals surface area contributed by atoms with E-state index in [1.165, 1.54) is 17.4 Å². The zero-order valence-electron chi connectivity index (χ0n) is 11.7. The predicted molar refractivity (Wildman–Crippen MR) is 78.7 cm³/mol. The summed E-state index contributed by atoms with van der Waals surface area (Å²) in [4.78, 5) is 16.9. The number of hydrogen-bond acceptors (Lipinski definition) is 4. The molecule has 1 aromatic heterocycles. The number of Topliss-reactive ketones (excluding diaryl/α,β-unsaturated/α-hetero) is 1. The molecule has 1 aromatic carbocycles. The van der Waals surface area contributed by atoms with Crippen LogP contribution >= 0.6 is 11.3 Å². The fourth-order valence-corrected chi connectivity index (χ4v) is 3.43. The molecule has 1 aliphatic carbocycles. The van der Waals surface area contributed by atoms with Crippen LogP contribution in [0.4, 0.5) is 24.0 Å². The third-order valence-corrected chi connectivity index (χ3v) is 4.52. The molecule has 1 aliphatic rings. The molecule has 0 bridgehead atoms. The van der Waals surface area contributed by atoms with Gasteiger partial charge in [-0.1, -0.05) is 24.3 Å². The van der Waals surface area contributed by atoms with Gasteiger partial charge in [-0.2, -0.15) is 13.2 Å². The monoisotopic (exact) mass is 326 g/mol. The number of thiazole rings is 1. The molecule has 7 heteroatoms. The van der Waals surface area contributed by atoms with Gasteiger partial charge in [0.25, 0.3) is 0 Å². The standard InChI is InChI=1S/C15H13F3N2OS/c1-8-5-11-13(12(21)6-8)22-14(20-11)19-10-4-2-3-9(7-10)15(16,17)18/h2-4,7-8H,5-6H2,1H3,(H,19,20). The Hall–Kier alpha value is -1.89. The highest BCUT2D eigenvalue weighted by Gasteiger charge is 2.30. The molecule has 0 spiro atoms. The second kappa shape index (κ2) is 5.39. The van der Waals surface area contributed by atoms with E-state index < -0.39 is 11.7 Å². The molecule has 116 valence electrons. The number of anilines is 2. The van der Waals surface area contributed by atoms with Crippen LogP contribution in [0, 0.1) is 5.92 Å². The van der Waals surface area contributed by atoms with Crippen LogP contribution < -0.4 is 5.32 Å². The van der Waals surface area contributed by atoms with E-state index in [9.17, 15) is 18.0 Å². The molecule has 0 aliphatic heterocycles. The highest BCUT2D eigenvalue weighted by Crippen LogP contribution is 2.35. The number of carbonyl (C=O) groups is 1. The summed E-state index contributed by atoms with van der Waals surface area (Å²) in [6, 6.07) is 4.93. The summed E-state index contributed by atoms with van der Waals surface area (Å²) in [6.07, 6.45) is -3.16. The summed E-state index contributed by atoms with van der Waals surface area (Å²) in [5.74, 6) is 0.312. The Morgan fingerprint density at radius 2 is 2.09 bits per heavy atom. The Morgan fingerprint density at radius 3 is 2.82 bits per heavy atom. The lowest BCUT2D eigenvalue weighted by Gasteiger charge is -2.14. The first kappa shape index (κ1) is 15.0. The van der Waals surface area contributed by atoms with Crippen molar-refractivity contribution < 1.29 is 18.0 Å². The molecule has 3 nitrogen and oxygen atoms in total. The van der Waals surface area contributed by atoms with Crippen LogP contribution in [-0.2, 0) is 12.6 Å². The average Bonchev–Trinajstić information content (AvgIpc) is 2.80. The van der Waals surface area contributed by atoms with Gasteiger partial charge in [0, 0.05) is 12.1 Å². The van der Waals surface area contributed by atoms with Crippen molar-refractivity contribution in [1.29, 1.82) is 0 Å². The molecule has 0 amide bonds. The van der Waals surface area contributed by atoms with Gasteiger partial charge in [-0.3, -0.25) is 4.79 Å². The third-order valence-electron chi connectivity index (χ3n) is 3.47. The second-order valence-corrected chi connectivity index (χ2v) is 6.43. The minimum atomic E-state index is -4.38. The summed E-state index contributed by atoms with van der Waals surface area (Å²) >= 11 is 1.20. The van der Waals surface area contributed by atoms with Crippen molar-refractivity contribution in [2.24, 2.45) is 5.92 Å². The van der Waals surface area contributed by atoms with Gasteiger partial charge in [-0.05, 0) is 30.5 Å². The molecular formula is C15H13F3N2OS. The molecule has 0 fully saturated rings. The van der Waals surface area contributed by atoms with Crippen molar-refractivity contribution in [2.75, 3.05) is 5.32 Å². The number of aromatic nitrogens is 1. The molecule has 0 saturated heterocycles. The predicted octanol–water partition coefficient (Wildman–Crippen LogP) is 4.67. The molecule has 1 atom stereocenters. The van der Waals surface area contributed by atoms with E-state index in [2.05, 4.69) is 10.3 Å². The van der Waals surface area contributed by atoms with Crippen molar-refractivity contribution in [3.63, 3.8) is 0 Å². The van der Waals surface area contributed by atoms with Gasteiger partial charge in [-0.15, -0.1) is 0 Å². The molecule has 3 rings (SSSR count). The van der Waals surface area contributed by atoms with Crippen LogP contribution in [0.15, 0.2) is 24.3 Å². The smallest absolute Gasteiger partial charge is 0.332 e. The minimum absolute atomic E-state index is 0.0587. The first-order valence-electron chi connectivity index (χ1n) is 6.80. The van der Waals surface area contributed by atoms with Gasteiger partial charge in [-0.25, -0.2) is 4.98 Å². The number of rotatable bonds is 2. The molecule has 1 heterocycles. The Morgan fingerprint density at radius 1 is 1.32 bits per heavy atom. The average molecular weight is 326 g/mol. The Labute approximate surface area is 129 Å². The maximum absolute atomic E-state index is 12.7. The summed E-state index contributed by atoms with van der Waals surface area (Å²) in [7, 11) is 0. The minimum Gasteiger partial charge on any atom is -0.332 e. The first-order chi connectivity index (χ1) is 10.3. The number of nitrogens with one attached hydrogen (secondary N) is 1. The second-order valence-electron chi connectivity index (χ2n) is 5.43. The number of hydrogen-bond donors (Lipinski definition) is 1. The van der Waals surface area contributed by atoms with Crippen molar-refractivity contribution in [3.8, 4) is 0 Å². The first-order valence-corrected chi connectivity index (χ1v) is 7.62. The Bertz CT molecular complexity index is 724. The quantitative estimate of drug-likeness (QED) is 0.872. The van der Waals surface area contributed by atoms with E-state index in [4.69, 9.17) is 0 Å². The number of ketones is 1. The maximum atomic E-state index is 12.7. The van der Waals surface area contributed by atoms with E-state index in [0.717, 1.165) is 24.2 Å². The molecule has 0 radical (unpaired) electrons. The highest BCUT2D eigenvalue weighted by molar-refractivity contribution is 7.17. The largest absolute Gasteiger partial charge is 0.416 e. The third kappa shape index (κ3) is 2.99. The lowest BCUT2D eigenvalue weighted by atomic mass is 9.92. The Balaban J connectivity index is 1.86. The summed E-state index contributed by atoms with van der Waals surface area (Å²) in [5, 5.41) is 3.31. The van der Waals surface area contributed by atoms with Crippen molar-refractivity contribution in [2.45, 2.75) is 25.9 Å². The van der Waals surface area contributed by atoms with Gasteiger partial charge < -0.3 is 5.32 Å². The number of alkyl halides is 3. The SMILES string of the molecule is CC1CC(=O)c2sc(Nc3cccc(C(F)(F)F)c3)nc2C1. The number of fused-ring (bicyclic) bond motifs is 1. The van der Waals surface area contributed by atoms with E-state index in [1.54, 1.807) is 6.07 Å². The van der Waals surface area contributed by atoms with E-state index >= 15 is 0 Å². The normalized spacial score (nSPS) is 18.2. The number of carbonyl (C=O) groups excluding carboxylic acids is 1. The van der Waals surface area contributed by atoms with E-state index in [-0.39, 0.29) is 11.7 Å². The maximum Gasteiger partial charge on any atom is 0.416 e. The van der Waals surface area contributed by atoms with Crippen LogP contribution in [0.2, 0.25) is 0 Å². The lowest BCUT2D eigenvalue weighted by molar-refractivity contribution is -0.137. The van der Waals surface area contributed by atoms with E-state index in [0.29, 0.717) is 22.1 Å². The number of halogens is 3. The van der Waals surface area contributed by atoms with Gasteiger partial charge in [0.05, 0.1) is 16.1 Å². The summed E-state index contributed by atoms with van der Waals surface area (Å²) in [6.45, 7) is 1.99. The van der Waals surface area contributed by atoms with Crippen molar-refractivity contribution in [1.82, 2.24) is 4.98 Å². The van der Waals surface area contributed by atoms with Crippen LogP contribution in [0.25, 0.3) is 0 Å². The topological polar surface area (TPSA) is 42.0 Å².